The number of carbonyl (C=O) groups is 2. The van der Waals surface area contributed by atoms with E-state index in [1.54, 1.807) is 49.6 Å². The molecule has 7 heteroatoms. The molecule has 30 heavy (non-hydrogen) atoms. The topological polar surface area (TPSA) is 85.3 Å². The summed E-state index contributed by atoms with van der Waals surface area (Å²) in [7, 11) is 4.51. The maximum atomic E-state index is 13.0. The standard InChI is InChI=1S/C23H25NO6/c1-5-11-24-20(14-7-6-8-15(12-14)28-2)19(22(26)23(24)27)21(25)17-13-16(29-3)9-10-18(17)30-4/h6-10,12-13,20,25H,5,11H2,1-4H3/b21-19+. The Morgan fingerprint density at radius 3 is 2.33 bits per heavy atom. The number of methoxy groups -OCH3 is 3. The zero-order valence-corrected chi connectivity index (χ0v) is 17.5. The van der Waals surface area contributed by atoms with Crippen molar-refractivity contribution in [2.24, 2.45) is 0 Å². The maximum Gasteiger partial charge on any atom is 0.295 e. The van der Waals surface area contributed by atoms with Crippen LogP contribution < -0.4 is 14.2 Å². The summed E-state index contributed by atoms with van der Waals surface area (Å²) in [5.74, 6) is -0.256. The van der Waals surface area contributed by atoms with Crippen LogP contribution in [0.25, 0.3) is 5.76 Å². The number of ketones is 1. The summed E-state index contributed by atoms with van der Waals surface area (Å²) >= 11 is 0. The van der Waals surface area contributed by atoms with E-state index in [1.807, 2.05) is 6.92 Å². The van der Waals surface area contributed by atoms with Crippen molar-refractivity contribution in [3.63, 3.8) is 0 Å². The van der Waals surface area contributed by atoms with Crippen LogP contribution in [-0.2, 0) is 9.59 Å². The lowest BCUT2D eigenvalue weighted by Gasteiger charge is -2.25. The Bertz CT molecular complexity index is 997. The van der Waals surface area contributed by atoms with Gasteiger partial charge in [-0.1, -0.05) is 19.1 Å². The van der Waals surface area contributed by atoms with Crippen molar-refractivity contribution in [2.75, 3.05) is 27.9 Å². The molecule has 1 amide bonds. The van der Waals surface area contributed by atoms with Gasteiger partial charge in [0.2, 0.25) is 0 Å². The number of Topliss-reactive ketones (excluding diaryl/α,β-unsaturated/α-hetero) is 1. The van der Waals surface area contributed by atoms with Crippen LogP contribution in [0.1, 0.15) is 30.5 Å². The van der Waals surface area contributed by atoms with Gasteiger partial charge in [0.05, 0.1) is 38.5 Å². The number of likely N-dealkylation sites (tertiary alicyclic amines) is 1. The molecule has 1 saturated heterocycles. The average Bonchev–Trinajstić information content (AvgIpc) is 3.03. The molecule has 1 heterocycles. The van der Waals surface area contributed by atoms with Crippen molar-refractivity contribution in [1.29, 1.82) is 0 Å². The molecule has 0 aliphatic carbocycles. The van der Waals surface area contributed by atoms with E-state index in [1.165, 1.54) is 19.1 Å². The van der Waals surface area contributed by atoms with E-state index >= 15 is 0 Å². The van der Waals surface area contributed by atoms with Crippen LogP contribution in [0.15, 0.2) is 48.0 Å². The molecule has 1 N–H and O–H groups in total. The van der Waals surface area contributed by atoms with Gasteiger partial charge >= 0.3 is 0 Å². The minimum Gasteiger partial charge on any atom is -0.507 e. The summed E-state index contributed by atoms with van der Waals surface area (Å²) in [5, 5.41) is 11.2. The Morgan fingerprint density at radius 2 is 1.70 bits per heavy atom. The fraction of sp³-hybridized carbons (Fsp3) is 0.304. The lowest BCUT2D eigenvalue weighted by Crippen LogP contribution is -2.30. The van der Waals surface area contributed by atoms with E-state index < -0.39 is 17.7 Å². The summed E-state index contributed by atoms with van der Waals surface area (Å²) in [4.78, 5) is 27.3. The fourth-order valence-electron chi connectivity index (χ4n) is 3.65. The number of aliphatic hydroxyl groups excluding tert-OH is 1. The first-order valence-electron chi connectivity index (χ1n) is 9.61. The third-order valence-corrected chi connectivity index (χ3v) is 5.08. The molecular weight excluding hydrogens is 386 g/mol. The fourth-order valence-corrected chi connectivity index (χ4v) is 3.65. The number of carbonyl (C=O) groups excluding carboxylic acids is 2. The molecule has 1 fully saturated rings. The molecule has 158 valence electrons. The lowest BCUT2D eigenvalue weighted by molar-refractivity contribution is -0.139. The Morgan fingerprint density at radius 1 is 1.00 bits per heavy atom. The number of aliphatic hydroxyl groups is 1. The number of benzene rings is 2. The minimum atomic E-state index is -0.740. The average molecular weight is 411 g/mol. The van der Waals surface area contributed by atoms with Crippen molar-refractivity contribution >= 4 is 17.4 Å². The minimum absolute atomic E-state index is 0.00764. The van der Waals surface area contributed by atoms with Gasteiger partial charge in [-0.3, -0.25) is 9.59 Å². The molecule has 1 aliphatic rings. The van der Waals surface area contributed by atoms with Crippen molar-refractivity contribution in [2.45, 2.75) is 19.4 Å². The molecular formula is C23H25NO6. The Balaban J connectivity index is 2.26. The van der Waals surface area contributed by atoms with E-state index in [2.05, 4.69) is 0 Å². The summed E-state index contributed by atoms with van der Waals surface area (Å²) in [6, 6.07) is 11.3. The van der Waals surface area contributed by atoms with E-state index in [0.29, 0.717) is 35.8 Å². The Hall–Kier alpha value is -3.48. The first-order valence-corrected chi connectivity index (χ1v) is 9.61. The van der Waals surface area contributed by atoms with Gasteiger partial charge < -0.3 is 24.2 Å². The number of hydrogen-bond acceptors (Lipinski definition) is 6. The van der Waals surface area contributed by atoms with Crippen LogP contribution >= 0.6 is 0 Å². The number of rotatable bonds is 7. The number of hydrogen-bond donors (Lipinski definition) is 1. The second-order valence-electron chi connectivity index (χ2n) is 6.84. The largest absolute Gasteiger partial charge is 0.507 e. The highest BCUT2D eigenvalue weighted by Gasteiger charge is 2.46. The predicted molar refractivity (Wildman–Crippen MR) is 112 cm³/mol. The van der Waals surface area contributed by atoms with Gasteiger partial charge in [0.15, 0.2) is 0 Å². The van der Waals surface area contributed by atoms with Crippen molar-refractivity contribution in [3.8, 4) is 17.2 Å². The highest BCUT2D eigenvalue weighted by atomic mass is 16.5. The van der Waals surface area contributed by atoms with E-state index in [-0.39, 0.29) is 16.9 Å². The first kappa shape index (κ1) is 21.2. The normalized spacial score (nSPS) is 17.9. The zero-order valence-electron chi connectivity index (χ0n) is 17.5. The second-order valence-corrected chi connectivity index (χ2v) is 6.84. The molecule has 0 saturated carbocycles. The third kappa shape index (κ3) is 3.70. The van der Waals surface area contributed by atoms with E-state index in [4.69, 9.17) is 14.2 Å². The van der Waals surface area contributed by atoms with Gasteiger partial charge in [-0.2, -0.15) is 0 Å². The summed E-state index contributed by atoms with van der Waals surface area (Å²) in [6.45, 7) is 2.30. The smallest absolute Gasteiger partial charge is 0.295 e. The van der Waals surface area contributed by atoms with Crippen LogP contribution in [0.5, 0.6) is 17.2 Å². The van der Waals surface area contributed by atoms with Crippen molar-refractivity contribution in [1.82, 2.24) is 4.90 Å². The number of amides is 1. The third-order valence-electron chi connectivity index (χ3n) is 5.08. The summed E-state index contributed by atoms with van der Waals surface area (Å²) in [6.07, 6.45) is 0.663. The number of nitrogens with zero attached hydrogens (tertiary/aromatic N) is 1. The van der Waals surface area contributed by atoms with Gasteiger partial charge in [0, 0.05) is 6.54 Å². The first-order chi connectivity index (χ1) is 14.5. The molecule has 2 aromatic carbocycles. The Kier molecular flexibility index (Phi) is 6.30. The molecule has 0 radical (unpaired) electrons. The lowest BCUT2D eigenvalue weighted by atomic mass is 9.94. The van der Waals surface area contributed by atoms with Crippen LogP contribution in [0.3, 0.4) is 0 Å². The molecule has 0 bridgehead atoms. The molecule has 0 aromatic heterocycles. The molecule has 1 atom stereocenters. The SMILES string of the molecule is CCCN1C(=O)C(=O)/C(=C(/O)c2cc(OC)ccc2OC)C1c1cccc(OC)c1. The Labute approximate surface area is 175 Å². The van der Waals surface area contributed by atoms with Crippen LogP contribution in [0, 0.1) is 0 Å². The quantitative estimate of drug-likeness (QED) is 0.426. The molecule has 1 unspecified atom stereocenters. The highest BCUT2D eigenvalue weighted by molar-refractivity contribution is 6.46. The zero-order chi connectivity index (χ0) is 21.8. The monoisotopic (exact) mass is 411 g/mol. The highest BCUT2D eigenvalue weighted by Crippen LogP contribution is 2.42. The van der Waals surface area contributed by atoms with Crippen LogP contribution in [0.2, 0.25) is 0 Å². The van der Waals surface area contributed by atoms with Crippen LogP contribution in [-0.4, -0.2) is 49.6 Å². The maximum absolute atomic E-state index is 13.0. The van der Waals surface area contributed by atoms with Gasteiger partial charge in [0.1, 0.15) is 23.0 Å². The van der Waals surface area contributed by atoms with Gasteiger partial charge in [-0.25, -0.2) is 0 Å². The summed E-state index contributed by atoms with van der Waals surface area (Å²) < 4.78 is 15.9. The summed E-state index contributed by atoms with van der Waals surface area (Å²) in [5.41, 5.74) is 0.956. The van der Waals surface area contributed by atoms with Gasteiger partial charge in [-0.05, 0) is 42.3 Å². The van der Waals surface area contributed by atoms with E-state index in [0.717, 1.165) is 0 Å². The molecule has 1 aliphatic heterocycles. The molecule has 0 spiro atoms. The van der Waals surface area contributed by atoms with Crippen LogP contribution in [0.4, 0.5) is 0 Å². The predicted octanol–water partition coefficient (Wildman–Crippen LogP) is 3.54. The second kappa shape index (κ2) is 8.90. The van der Waals surface area contributed by atoms with Gasteiger partial charge in [-0.15, -0.1) is 0 Å². The molecule has 7 nitrogen and oxygen atoms in total. The molecule has 3 rings (SSSR count). The van der Waals surface area contributed by atoms with E-state index in [9.17, 15) is 14.7 Å². The number of ether oxygens (including phenoxy) is 3. The van der Waals surface area contributed by atoms with Crippen molar-refractivity contribution < 1.29 is 28.9 Å². The molecule has 2 aromatic rings. The van der Waals surface area contributed by atoms with Crippen molar-refractivity contribution in [3.05, 3.63) is 59.2 Å². The van der Waals surface area contributed by atoms with Gasteiger partial charge in [0.25, 0.3) is 11.7 Å².